The summed E-state index contributed by atoms with van der Waals surface area (Å²) in [6, 6.07) is 11.2. The van der Waals surface area contributed by atoms with Crippen LogP contribution in [0.3, 0.4) is 0 Å². The van der Waals surface area contributed by atoms with Crippen molar-refractivity contribution >= 4 is 22.8 Å². The average molecular weight is 226 g/mol. The Labute approximate surface area is 96.4 Å². The quantitative estimate of drug-likeness (QED) is 0.854. The maximum Gasteiger partial charge on any atom is 0.159 e. The summed E-state index contributed by atoms with van der Waals surface area (Å²) < 4.78 is 0. The molecule has 0 aliphatic heterocycles. The van der Waals surface area contributed by atoms with Crippen molar-refractivity contribution < 1.29 is 0 Å². The summed E-state index contributed by atoms with van der Waals surface area (Å²) in [5.41, 5.74) is 2.78. The fourth-order valence-electron chi connectivity index (χ4n) is 1.23. The average Bonchev–Trinajstić information content (AvgIpc) is 2.77. The predicted octanol–water partition coefficient (Wildman–Crippen LogP) is 2.63. The third-order valence-electron chi connectivity index (χ3n) is 1.97. The molecule has 0 radical (unpaired) electrons. The van der Waals surface area contributed by atoms with E-state index in [1.54, 1.807) is 23.7 Å². The number of aromatic nitrogens is 1. The molecule has 2 aromatic rings. The Morgan fingerprint density at radius 2 is 2.00 bits per heavy atom. The fraction of sp³-hybridized carbons (Fsp3) is 0. The van der Waals surface area contributed by atoms with Gasteiger partial charge in [0.05, 0.1) is 16.8 Å². The summed E-state index contributed by atoms with van der Waals surface area (Å²) in [7, 11) is 0. The number of nitrogens with one attached hydrogen (secondary N) is 1. The van der Waals surface area contributed by atoms with E-state index >= 15 is 0 Å². The molecule has 16 heavy (non-hydrogen) atoms. The van der Waals surface area contributed by atoms with Crippen molar-refractivity contribution in [3.05, 3.63) is 40.2 Å². The Morgan fingerprint density at radius 1 is 1.19 bits per heavy atom. The number of hydrogen-bond donors (Lipinski definition) is 1. The van der Waals surface area contributed by atoms with E-state index in [1.165, 1.54) is 11.3 Å². The van der Waals surface area contributed by atoms with Crippen LogP contribution in [0, 0.1) is 22.7 Å². The van der Waals surface area contributed by atoms with Crippen LogP contribution in [0.2, 0.25) is 0 Å². The minimum atomic E-state index is 0.496. The first kappa shape index (κ1) is 10.2. The van der Waals surface area contributed by atoms with Gasteiger partial charge in [-0.1, -0.05) is 12.1 Å². The monoisotopic (exact) mass is 226 g/mol. The van der Waals surface area contributed by atoms with E-state index in [2.05, 4.69) is 16.4 Å². The SMILES string of the molecule is N#Cc1ccccc1Nc1ncsc1C#N. The minimum Gasteiger partial charge on any atom is -0.337 e. The van der Waals surface area contributed by atoms with Crippen LogP contribution in [0.5, 0.6) is 0 Å². The molecule has 4 nitrogen and oxygen atoms in total. The summed E-state index contributed by atoms with van der Waals surface area (Å²) in [6.45, 7) is 0. The number of benzene rings is 1. The Hall–Kier alpha value is -2.37. The lowest BCUT2D eigenvalue weighted by Gasteiger charge is -2.04. The molecule has 76 valence electrons. The normalized spacial score (nSPS) is 9.12. The van der Waals surface area contributed by atoms with Crippen LogP contribution in [0.1, 0.15) is 10.4 Å². The second-order valence-corrected chi connectivity index (χ2v) is 3.78. The van der Waals surface area contributed by atoms with Gasteiger partial charge in [0, 0.05) is 0 Å². The molecule has 1 aromatic carbocycles. The number of nitrogens with zero attached hydrogens (tertiary/aromatic N) is 3. The molecule has 0 saturated heterocycles. The van der Waals surface area contributed by atoms with Crippen molar-refractivity contribution in [3.8, 4) is 12.1 Å². The van der Waals surface area contributed by atoms with Gasteiger partial charge in [-0.15, -0.1) is 11.3 Å². The Morgan fingerprint density at radius 3 is 2.75 bits per heavy atom. The van der Waals surface area contributed by atoms with Crippen LogP contribution < -0.4 is 5.32 Å². The number of para-hydroxylation sites is 1. The van der Waals surface area contributed by atoms with E-state index in [0.717, 1.165) is 0 Å². The van der Waals surface area contributed by atoms with E-state index in [-0.39, 0.29) is 0 Å². The summed E-state index contributed by atoms with van der Waals surface area (Å²) in [5, 5.41) is 20.7. The van der Waals surface area contributed by atoms with Crippen molar-refractivity contribution in [3.63, 3.8) is 0 Å². The number of rotatable bonds is 2. The molecule has 0 saturated carbocycles. The van der Waals surface area contributed by atoms with E-state index in [0.29, 0.717) is 21.9 Å². The maximum absolute atomic E-state index is 8.90. The highest BCUT2D eigenvalue weighted by molar-refractivity contribution is 7.10. The summed E-state index contributed by atoms with van der Waals surface area (Å²) >= 11 is 1.26. The Kier molecular flexibility index (Phi) is 2.81. The second kappa shape index (κ2) is 4.43. The molecule has 1 heterocycles. The number of hydrogen-bond acceptors (Lipinski definition) is 5. The predicted molar refractivity (Wildman–Crippen MR) is 61.3 cm³/mol. The smallest absolute Gasteiger partial charge is 0.159 e. The van der Waals surface area contributed by atoms with Gasteiger partial charge in [0.2, 0.25) is 0 Å². The fourth-order valence-corrected chi connectivity index (χ4v) is 1.76. The van der Waals surface area contributed by atoms with Crippen molar-refractivity contribution in [1.82, 2.24) is 4.98 Å². The zero-order valence-electron chi connectivity index (χ0n) is 8.14. The molecule has 2 rings (SSSR count). The third kappa shape index (κ3) is 1.85. The number of anilines is 2. The summed E-state index contributed by atoms with van der Waals surface area (Å²) in [6.07, 6.45) is 0. The molecule has 0 bridgehead atoms. The lowest BCUT2D eigenvalue weighted by atomic mass is 10.2. The van der Waals surface area contributed by atoms with E-state index < -0.39 is 0 Å². The molecule has 0 aliphatic rings. The lowest BCUT2D eigenvalue weighted by molar-refractivity contribution is 1.36. The van der Waals surface area contributed by atoms with Crippen molar-refractivity contribution in [2.75, 3.05) is 5.32 Å². The highest BCUT2D eigenvalue weighted by Crippen LogP contribution is 2.23. The largest absolute Gasteiger partial charge is 0.337 e. The highest BCUT2D eigenvalue weighted by atomic mass is 32.1. The molecular weight excluding hydrogens is 220 g/mol. The minimum absolute atomic E-state index is 0.496. The van der Waals surface area contributed by atoms with Gasteiger partial charge in [0.15, 0.2) is 5.82 Å². The van der Waals surface area contributed by atoms with Crippen LogP contribution in [0.4, 0.5) is 11.5 Å². The molecule has 0 fully saturated rings. The Bertz CT molecular complexity index is 589. The first-order valence-electron chi connectivity index (χ1n) is 4.45. The molecule has 0 atom stereocenters. The second-order valence-electron chi connectivity index (χ2n) is 2.92. The van der Waals surface area contributed by atoms with Crippen LogP contribution in [0.25, 0.3) is 0 Å². The molecule has 0 amide bonds. The van der Waals surface area contributed by atoms with Gasteiger partial charge in [-0.3, -0.25) is 0 Å². The molecule has 0 spiro atoms. The standard InChI is InChI=1S/C11H6N4S/c12-5-8-3-1-2-4-9(8)15-11-10(6-13)16-7-14-11/h1-4,7,15H. The van der Waals surface area contributed by atoms with Gasteiger partial charge in [-0.25, -0.2) is 4.98 Å². The van der Waals surface area contributed by atoms with E-state index in [4.69, 9.17) is 10.5 Å². The first-order valence-corrected chi connectivity index (χ1v) is 5.33. The summed E-state index contributed by atoms with van der Waals surface area (Å²) in [4.78, 5) is 4.54. The molecule has 1 N–H and O–H groups in total. The van der Waals surface area contributed by atoms with Gasteiger partial charge in [-0.05, 0) is 12.1 Å². The number of nitriles is 2. The number of thiazole rings is 1. The van der Waals surface area contributed by atoms with Gasteiger partial charge in [-0.2, -0.15) is 10.5 Å². The van der Waals surface area contributed by atoms with Crippen LogP contribution >= 0.6 is 11.3 Å². The van der Waals surface area contributed by atoms with Crippen molar-refractivity contribution in [1.29, 1.82) is 10.5 Å². The van der Waals surface area contributed by atoms with E-state index in [1.807, 2.05) is 12.1 Å². The highest BCUT2D eigenvalue weighted by Gasteiger charge is 2.07. The molecular formula is C11H6N4S. The zero-order valence-corrected chi connectivity index (χ0v) is 8.95. The Balaban J connectivity index is 2.36. The van der Waals surface area contributed by atoms with Crippen molar-refractivity contribution in [2.45, 2.75) is 0 Å². The van der Waals surface area contributed by atoms with Gasteiger partial charge < -0.3 is 5.32 Å². The van der Waals surface area contributed by atoms with Crippen LogP contribution in [-0.4, -0.2) is 4.98 Å². The third-order valence-corrected chi connectivity index (χ3v) is 2.70. The van der Waals surface area contributed by atoms with Crippen LogP contribution in [-0.2, 0) is 0 Å². The topological polar surface area (TPSA) is 72.5 Å². The molecule has 0 aliphatic carbocycles. The van der Waals surface area contributed by atoms with Gasteiger partial charge in [0.1, 0.15) is 17.0 Å². The molecule has 1 aromatic heterocycles. The van der Waals surface area contributed by atoms with Crippen LogP contribution in [0.15, 0.2) is 29.8 Å². The zero-order chi connectivity index (χ0) is 11.4. The lowest BCUT2D eigenvalue weighted by Crippen LogP contribution is -1.94. The van der Waals surface area contributed by atoms with Gasteiger partial charge >= 0.3 is 0 Å². The summed E-state index contributed by atoms with van der Waals surface area (Å²) in [5.74, 6) is 0.496. The maximum atomic E-state index is 8.90. The van der Waals surface area contributed by atoms with Crippen molar-refractivity contribution in [2.24, 2.45) is 0 Å². The first-order chi connectivity index (χ1) is 7.85. The van der Waals surface area contributed by atoms with Gasteiger partial charge in [0.25, 0.3) is 0 Å². The molecule has 0 unspecified atom stereocenters. The molecule has 5 heteroatoms. The van der Waals surface area contributed by atoms with E-state index in [9.17, 15) is 0 Å².